The number of imide groups is 1. The summed E-state index contributed by atoms with van der Waals surface area (Å²) < 4.78 is 10.8. The SMILES string of the molecule is CCNC(=O)NC(=O)[C@H](OC(=O)c1cc(=O)c2ccccc2o1)c1ccccc1. The molecule has 2 N–H and O–H groups in total. The van der Waals surface area contributed by atoms with Crippen molar-refractivity contribution in [3.63, 3.8) is 0 Å². The molecule has 0 spiro atoms. The van der Waals surface area contributed by atoms with E-state index in [2.05, 4.69) is 10.6 Å². The van der Waals surface area contributed by atoms with Gasteiger partial charge in [0.2, 0.25) is 11.9 Å². The van der Waals surface area contributed by atoms with Crippen LogP contribution in [0.2, 0.25) is 0 Å². The van der Waals surface area contributed by atoms with Gasteiger partial charge in [0.05, 0.1) is 5.39 Å². The van der Waals surface area contributed by atoms with E-state index in [9.17, 15) is 19.2 Å². The number of esters is 1. The molecule has 148 valence electrons. The van der Waals surface area contributed by atoms with E-state index in [0.29, 0.717) is 17.5 Å². The lowest BCUT2D eigenvalue weighted by molar-refractivity contribution is -0.129. The minimum atomic E-state index is -1.41. The van der Waals surface area contributed by atoms with Crippen molar-refractivity contribution in [3.05, 3.63) is 82.2 Å². The molecule has 0 saturated heterocycles. The molecule has 0 bridgehead atoms. The average molecular weight is 394 g/mol. The summed E-state index contributed by atoms with van der Waals surface area (Å²) in [7, 11) is 0. The number of benzene rings is 2. The quantitative estimate of drug-likeness (QED) is 0.643. The maximum absolute atomic E-state index is 12.6. The Morgan fingerprint density at radius 3 is 2.45 bits per heavy atom. The number of para-hydroxylation sites is 1. The van der Waals surface area contributed by atoms with Crippen molar-refractivity contribution in [1.29, 1.82) is 0 Å². The predicted molar refractivity (Wildman–Crippen MR) is 104 cm³/mol. The number of ether oxygens (including phenoxy) is 1. The Balaban J connectivity index is 1.89. The molecule has 0 fully saturated rings. The zero-order valence-electron chi connectivity index (χ0n) is 15.5. The molecule has 8 nitrogen and oxygen atoms in total. The maximum Gasteiger partial charge on any atom is 0.375 e. The van der Waals surface area contributed by atoms with Gasteiger partial charge < -0.3 is 14.5 Å². The Kier molecular flexibility index (Phi) is 6.03. The molecule has 0 aliphatic rings. The largest absolute Gasteiger partial charge is 0.449 e. The summed E-state index contributed by atoms with van der Waals surface area (Å²) in [6.45, 7) is 2.01. The van der Waals surface area contributed by atoms with Gasteiger partial charge in [-0.15, -0.1) is 0 Å². The summed E-state index contributed by atoms with van der Waals surface area (Å²) in [6.07, 6.45) is -1.41. The summed E-state index contributed by atoms with van der Waals surface area (Å²) in [5.41, 5.74) is 0.155. The lowest BCUT2D eigenvalue weighted by Crippen LogP contribution is -2.42. The van der Waals surface area contributed by atoms with E-state index >= 15 is 0 Å². The third-order valence-electron chi connectivity index (χ3n) is 3.98. The highest BCUT2D eigenvalue weighted by atomic mass is 16.6. The molecule has 1 atom stereocenters. The third kappa shape index (κ3) is 4.67. The van der Waals surface area contributed by atoms with E-state index < -0.39 is 29.4 Å². The molecule has 3 aromatic rings. The molecule has 1 aromatic heterocycles. The maximum atomic E-state index is 12.6. The highest BCUT2D eigenvalue weighted by molar-refractivity contribution is 5.99. The second-order valence-electron chi connectivity index (χ2n) is 6.02. The van der Waals surface area contributed by atoms with Crippen molar-refractivity contribution < 1.29 is 23.5 Å². The van der Waals surface area contributed by atoms with Gasteiger partial charge in [-0.1, -0.05) is 42.5 Å². The van der Waals surface area contributed by atoms with Crippen LogP contribution in [0, 0.1) is 0 Å². The fourth-order valence-corrected chi connectivity index (χ4v) is 2.65. The molecular weight excluding hydrogens is 376 g/mol. The van der Waals surface area contributed by atoms with Crippen molar-refractivity contribution in [1.82, 2.24) is 10.6 Å². The van der Waals surface area contributed by atoms with Crippen LogP contribution in [0.5, 0.6) is 0 Å². The van der Waals surface area contributed by atoms with Gasteiger partial charge in [-0.05, 0) is 19.1 Å². The number of nitrogens with one attached hydrogen (secondary N) is 2. The molecule has 0 radical (unpaired) electrons. The summed E-state index contributed by atoms with van der Waals surface area (Å²) in [4.78, 5) is 49.0. The summed E-state index contributed by atoms with van der Waals surface area (Å²) in [5.74, 6) is -2.19. The second kappa shape index (κ2) is 8.83. The standard InChI is InChI=1S/C21H18N2O6/c1-2-22-21(27)23-19(25)18(13-8-4-3-5-9-13)29-20(26)17-12-15(24)14-10-6-7-11-16(14)28-17/h3-12,18H,2H2,1H3,(H2,22,23,25,27)/t18-/m1/s1. The number of fused-ring (bicyclic) bond motifs is 1. The topological polar surface area (TPSA) is 115 Å². The van der Waals surface area contributed by atoms with Crippen LogP contribution in [0.15, 0.2) is 69.9 Å². The molecule has 0 saturated carbocycles. The highest BCUT2D eigenvalue weighted by Gasteiger charge is 2.28. The minimum Gasteiger partial charge on any atom is -0.449 e. The fourth-order valence-electron chi connectivity index (χ4n) is 2.65. The van der Waals surface area contributed by atoms with Crippen LogP contribution in [0.4, 0.5) is 4.79 Å². The molecular formula is C21H18N2O6. The molecule has 2 aromatic carbocycles. The van der Waals surface area contributed by atoms with Crippen LogP contribution in [0.25, 0.3) is 11.0 Å². The van der Waals surface area contributed by atoms with Gasteiger partial charge in [0.15, 0.2) is 5.43 Å². The van der Waals surface area contributed by atoms with Crippen molar-refractivity contribution in [2.75, 3.05) is 6.54 Å². The molecule has 3 amide bonds. The van der Waals surface area contributed by atoms with E-state index in [4.69, 9.17) is 9.15 Å². The minimum absolute atomic E-state index is 0.218. The van der Waals surface area contributed by atoms with Crippen molar-refractivity contribution in [2.24, 2.45) is 0 Å². The lowest BCUT2D eigenvalue weighted by atomic mass is 10.1. The van der Waals surface area contributed by atoms with E-state index in [1.54, 1.807) is 61.5 Å². The predicted octanol–water partition coefficient (Wildman–Crippen LogP) is 2.54. The average Bonchev–Trinajstić information content (AvgIpc) is 2.72. The first-order valence-corrected chi connectivity index (χ1v) is 8.87. The number of carbonyl (C=O) groups excluding carboxylic acids is 3. The van der Waals surface area contributed by atoms with Gasteiger partial charge in [-0.3, -0.25) is 14.9 Å². The summed E-state index contributed by atoms with van der Waals surface area (Å²) >= 11 is 0. The van der Waals surface area contributed by atoms with Crippen LogP contribution >= 0.6 is 0 Å². The number of hydrogen-bond acceptors (Lipinski definition) is 6. The number of rotatable bonds is 5. The van der Waals surface area contributed by atoms with Crippen LogP contribution in [0.3, 0.4) is 0 Å². The van der Waals surface area contributed by atoms with Gasteiger partial charge in [-0.25, -0.2) is 9.59 Å². The summed E-state index contributed by atoms with van der Waals surface area (Å²) in [5, 5.41) is 4.86. The number of hydrogen-bond donors (Lipinski definition) is 2. The molecule has 0 unspecified atom stereocenters. The molecule has 1 heterocycles. The Morgan fingerprint density at radius 2 is 1.72 bits per heavy atom. The molecule has 8 heteroatoms. The second-order valence-corrected chi connectivity index (χ2v) is 6.02. The smallest absolute Gasteiger partial charge is 0.375 e. The Bertz CT molecular complexity index is 1110. The first kappa shape index (κ1) is 19.8. The first-order chi connectivity index (χ1) is 14.0. The molecule has 0 aliphatic heterocycles. The highest BCUT2D eigenvalue weighted by Crippen LogP contribution is 2.20. The molecule has 29 heavy (non-hydrogen) atoms. The first-order valence-electron chi connectivity index (χ1n) is 8.87. The van der Waals surface area contributed by atoms with Crippen LogP contribution in [-0.4, -0.2) is 24.5 Å². The zero-order chi connectivity index (χ0) is 20.8. The Morgan fingerprint density at radius 1 is 1.03 bits per heavy atom. The number of carbonyl (C=O) groups is 3. The van der Waals surface area contributed by atoms with Gasteiger partial charge in [-0.2, -0.15) is 0 Å². The fraction of sp³-hybridized carbons (Fsp3) is 0.143. The molecule has 0 aliphatic carbocycles. The van der Waals surface area contributed by atoms with Crippen molar-refractivity contribution in [3.8, 4) is 0 Å². The van der Waals surface area contributed by atoms with E-state index in [0.717, 1.165) is 6.07 Å². The summed E-state index contributed by atoms with van der Waals surface area (Å²) in [6, 6.07) is 14.9. The van der Waals surface area contributed by atoms with Gasteiger partial charge >= 0.3 is 12.0 Å². The van der Waals surface area contributed by atoms with Crippen LogP contribution < -0.4 is 16.1 Å². The lowest BCUT2D eigenvalue weighted by Gasteiger charge is -2.17. The Hall–Kier alpha value is -3.94. The Labute approximate surface area is 165 Å². The number of amides is 3. The monoisotopic (exact) mass is 394 g/mol. The van der Waals surface area contributed by atoms with Crippen LogP contribution in [-0.2, 0) is 9.53 Å². The third-order valence-corrected chi connectivity index (χ3v) is 3.98. The van der Waals surface area contributed by atoms with Crippen molar-refractivity contribution in [2.45, 2.75) is 13.0 Å². The number of urea groups is 1. The van der Waals surface area contributed by atoms with Gasteiger partial charge in [0.25, 0.3) is 5.91 Å². The van der Waals surface area contributed by atoms with Crippen LogP contribution in [0.1, 0.15) is 29.1 Å². The van der Waals surface area contributed by atoms with Gasteiger partial charge in [0.1, 0.15) is 5.58 Å². The van der Waals surface area contributed by atoms with E-state index in [-0.39, 0.29) is 11.3 Å². The van der Waals surface area contributed by atoms with Crippen molar-refractivity contribution >= 4 is 28.9 Å². The normalized spacial score (nSPS) is 11.5. The zero-order valence-corrected chi connectivity index (χ0v) is 15.5. The van der Waals surface area contributed by atoms with E-state index in [1.165, 1.54) is 0 Å². The van der Waals surface area contributed by atoms with Gasteiger partial charge in [0, 0.05) is 18.2 Å². The molecule has 3 rings (SSSR count). The van der Waals surface area contributed by atoms with E-state index in [1.807, 2.05) is 0 Å².